The maximum absolute atomic E-state index is 11.8. The van der Waals surface area contributed by atoms with Crippen molar-refractivity contribution >= 4 is 0 Å². The largest absolute Gasteiger partial charge is 0.472 e. The van der Waals surface area contributed by atoms with Gasteiger partial charge in [-0.15, -0.1) is 0 Å². The van der Waals surface area contributed by atoms with E-state index < -0.39 is 12.5 Å². The van der Waals surface area contributed by atoms with Gasteiger partial charge in [0.2, 0.25) is 6.43 Å². The van der Waals surface area contributed by atoms with Crippen LogP contribution in [0, 0.1) is 0 Å². The second-order valence-electron chi connectivity index (χ2n) is 2.29. The third-order valence-corrected chi connectivity index (χ3v) is 1.40. The fourth-order valence-corrected chi connectivity index (χ4v) is 0.814. The summed E-state index contributed by atoms with van der Waals surface area (Å²) in [6.45, 7) is 0. The second kappa shape index (κ2) is 3.48. The van der Waals surface area contributed by atoms with Gasteiger partial charge in [-0.2, -0.15) is 0 Å². The number of hydrogen-bond donors (Lipinski definition) is 1. The van der Waals surface area contributed by atoms with Crippen LogP contribution in [0.5, 0.6) is 0 Å². The molecule has 11 heavy (non-hydrogen) atoms. The van der Waals surface area contributed by atoms with Crippen molar-refractivity contribution in [2.24, 2.45) is 5.73 Å². The summed E-state index contributed by atoms with van der Waals surface area (Å²) in [5, 5.41) is 0. The van der Waals surface area contributed by atoms with Gasteiger partial charge in [0.05, 0.1) is 12.5 Å². The Morgan fingerprint density at radius 2 is 2.27 bits per heavy atom. The molecule has 1 aromatic rings. The molecule has 0 aliphatic rings. The summed E-state index contributed by atoms with van der Waals surface area (Å²) in [5.74, 6) is 0. The van der Waals surface area contributed by atoms with E-state index in [-0.39, 0.29) is 6.42 Å². The van der Waals surface area contributed by atoms with E-state index in [4.69, 9.17) is 10.2 Å². The molecule has 62 valence electrons. The molecule has 0 radical (unpaired) electrons. The fourth-order valence-electron chi connectivity index (χ4n) is 0.814. The SMILES string of the molecule is N[C@@H](CC(F)F)c1ccoc1. The van der Waals surface area contributed by atoms with Gasteiger partial charge in [-0.05, 0) is 6.07 Å². The van der Waals surface area contributed by atoms with Crippen molar-refractivity contribution in [3.05, 3.63) is 24.2 Å². The fraction of sp³-hybridized carbons (Fsp3) is 0.429. The summed E-state index contributed by atoms with van der Waals surface area (Å²) < 4.78 is 28.2. The van der Waals surface area contributed by atoms with Crippen molar-refractivity contribution in [3.8, 4) is 0 Å². The Kier molecular flexibility index (Phi) is 2.59. The molecule has 0 saturated heterocycles. The van der Waals surface area contributed by atoms with Crippen LogP contribution in [0.4, 0.5) is 8.78 Å². The average Bonchev–Trinajstić information content (AvgIpc) is 2.35. The highest BCUT2D eigenvalue weighted by Gasteiger charge is 2.13. The molecule has 0 saturated carbocycles. The Morgan fingerprint density at radius 3 is 2.73 bits per heavy atom. The minimum absolute atomic E-state index is 0.320. The summed E-state index contributed by atoms with van der Waals surface area (Å²) >= 11 is 0. The Labute approximate surface area is 63.0 Å². The monoisotopic (exact) mass is 161 g/mol. The molecule has 0 amide bonds. The highest BCUT2D eigenvalue weighted by Crippen LogP contribution is 2.17. The van der Waals surface area contributed by atoms with E-state index in [0.29, 0.717) is 5.56 Å². The Bertz CT molecular complexity index is 198. The molecule has 0 aliphatic heterocycles. The van der Waals surface area contributed by atoms with Gasteiger partial charge in [-0.1, -0.05) is 0 Å². The number of hydrogen-bond acceptors (Lipinski definition) is 2. The summed E-state index contributed by atoms with van der Waals surface area (Å²) in [6.07, 6.45) is 0.118. The van der Waals surface area contributed by atoms with Gasteiger partial charge in [-0.25, -0.2) is 8.78 Å². The first kappa shape index (κ1) is 8.20. The van der Waals surface area contributed by atoms with Crippen LogP contribution < -0.4 is 5.73 Å². The quantitative estimate of drug-likeness (QED) is 0.735. The van der Waals surface area contributed by atoms with E-state index in [9.17, 15) is 8.78 Å². The molecular formula is C7H9F2NO. The minimum atomic E-state index is -2.36. The summed E-state index contributed by atoms with van der Waals surface area (Å²) in [7, 11) is 0. The van der Waals surface area contributed by atoms with E-state index in [0.717, 1.165) is 0 Å². The van der Waals surface area contributed by atoms with E-state index in [1.807, 2.05) is 0 Å². The van der Waals surface area contributed by atoms with Crippen molar-refractivity contribution in [1.82, 2.24) is 0 Å². The molecule has 2 nitrogen and oxygen atoms in total. The maximum Gasteiger partial charge on any atom is 0.240 e. The Morgan fingerprint density at radius 1 is 1.55 bits per heavy atom. The number of halogens is 2. The maximum atomic E-state index is 11.8. The molecule has 0 bridgehead atoms. The predicted octanol–water partition coefficient (Wildman–Crippen LogP) is 1.93. The molecule has 4 heteroatoms. The zero-order chi connectivity index (χ0) is 8.27. The zero-order valence-corrected chi connectivity index (χ0v) is 5.84. The molecule has 0 fully saturated rings. The van der Waals surface area contributed by atoms with Crippen LogP contribution in [0.25, 0.3) is 0 Å². The van der Waals surface area contributed by atoms with Crippen LogP contribution in [0.15, 0.2) is 23.0 Å². The van der Waals surface area contributed by atoms with Crippen LogP contribution in [0.1, 0.15) is 18.0 Å². The van der Waals surface area contributed by atoms with E-state index >= 15 is 0 Å². The zero-order valence-electron chi connectivity index (χ0n) is 5.84. The Hall–Kier alpha value is -0.900. The third-order valence-electron chi connectivity index (χ3n) is 1.40. The van der Waals surface area contributed by atoms with Crippen LogP contribution in [0.3, 0.4) is 0 Å². The number of nitrogens with two attached hydrogens (primary N) is 1. The molecule has 1 aromatic heterocycles. The van der Waals surface area contributed by atoms with Gasteiger partial charge in [0.15, 0.2) is 0 Å². The van der Waals surface area contributed by atoms with E-state index in [1.54, 1.807) is 6.07 Å². The van der Waals surface area contributed by atoms with Crippen molar-refractivity contribution < 1.29 is 13.2 Å². The van der Waals surface area contributed by atoms with Gasteiger partial charge >= 0.3 is 0 Å². The summed E-state index contributed by atoms with van der Waals surface area (Å²) in [5.41, 5.74) is 6.02. The van der Waals surface area contributed by atoms with Crippen LogP contribution in [-0.4, -0.2) is 6.43 Å². The first-order valence-corrected chi connectivity index (χ1v) is 3.26. The Balaban J connectivity index is 2.49. The van der Waals surface area contributed by atoms with Crippen molar-refractivity contribution in [2.75, 3.05) is 0 Å². The molecular weight excluding hydrogens is 152 g/mol. The van der Waals surface area contributed by atoms with Gasteiger partial charge in [0.25, 0.3) is 0 Å². The number of rotatable bonds is 3. The van der Waals surface area contributed by atoms with Gasteiger partial charge in [0.1, 0.15) is 0 Å². The first-order chi connectivity index (χ1) is 5.20. The summed E-state index contributed by atoms with van der Waals surface area (Å²) in [4.78, 5) is 0. The minimum Gasteiger partial charge on any atom is -0.472 e. The molecule has 0 spiro atoms. The molecule has 2 N–H and O–H groups in total. The lowest BCUT2D eigenvalue weighted by Gasteiger charge is -2.06. The smallest absolute Gasteiger partial charge is 0.240 e. The third kappa shape index (κ3) is 2.31. The van der Waals surface area contributed by atoms with Gasteiger partial charge in [-0.3, -0.25) is 0 Å². The molecule has 1 atom stereocenters. The normalized spacial score (nSPS) is 13.8. The van der Waals surface area contributed by atoms with Crippen LogP contribution in [0.2, 0.25) is 0 Å². The van der Waals surface area contributed by atoms with Gasteiger partial charge in [0, 0.05) is 18.0 Å². The van der Waals surface area contributed by atoms with Crippen molar-refractivity contribution in [3.63, 3.8) is 0 Å². The number of alkyl halides is 2. The number of furan rings is 1. The highest BCUT2D eigenvalue weighted by atomic mass is 19.3. The average molecular weight is 161 g/mol. The lowest BCUT2D eigenvalue weighted by Crippen LogP contribution is -2.12. The molecule has 1 heterocycles. The van der Waals surface area contributed by atoms with Gasteiger partial charge < -0.3 is 10.2 Å². The lowest BCUT2D eigenvalue weighted by molar-refractivity contribution is 0.128. The molecule has 1 rings (SSSR count). The van der Waals surface area contributed by atoms with E-state index in [1.165, 1.54) is 12.5 Å². The second-order valence-corrected chi connectivity index (χ2v) is 2.29. The van der Waals surface area contributed by atoms with Crippen LogP contribution >= 0.6 is 0 Å². The summed E-state index contributed by atoms with van der Waals surface area (Å²) in [6, 6.07) is 0.973. The first-order valence-electron chi connectivity index (χ1n) is 3.26. The predicted molar refractivity (Wildman–Crippen MR) is 36.3 cm³/mol. The standard InChI is InChI=1S/C7H9F2NO/c8-7(9)3-6(10)5-1-2-11-4-5/h1-2,4,6-7H,3,10H2/t6-/m0/s1. The van der Waals surface area contributed by atoms with Crippen molar-refractivity contribution in [2.45, 2.75) is 18.9 Å². The van der Waals surface area contributed by atoms with E-state index in [2.05, 4.69) is 0 Å². The van der Waals surface area contributed by atoms with Crippen LogP contribution in [-0.2, 0) is 0 Å². The topological polar surface area (TPSA) is 39.2 Å². The van der Waals surface area contributed by atoms with Crippen molar-refractivity contribution in [1.29, 1.82) is 0 Å². The molecule has 0 aromatic carbocycles. The molecule has 0 aliphatic carbocycles. The molecule has 0 unspecified atom stereocenters. The lowest BCUT2D eigenvalue weighted by atomic mass is 10.1. The highest BCUT2D eigenvalue weighted by molar-refractivity contribution is 5.10.